The van der Waals surface area contributed by atoms with Crippen LogP contribution in [0.4, 0.5) is 0 Å². The van der Waals surface area contributed by atoms with Crippen molar-refractivity contribution in [2.24, 2.45) is 0 Å². The highest BCUT2D eigenvalue weighted by molar-refractivity contribution is 6.69. The fourth-order valence-corrected chi connectivity index (χ4v) is 1.76. The molecule has 0 fully saturated rings. The topological polar surface area (TPSA) is 29.5 Å². The highest BCUT2D eigenvalue weighted by atomic mass is 28.4. The van der Waals surface area contributed by atoms with Gasteiger partial charge in [0.05, 0.1) is 12.9 Å². The Hall–Kier alpha value is -0.283. The Labute approximate surface area is 70.0 Å². The van der Waals surface area contributed by atoms with E-state index in [0.29, 0.717) is 0 Å². The fraction of sp³-hybridized carbons (Fsp3) is 0.750. The molecule has 0 aromatic heterocycles. The molecule has 66 valence electrons. The lowest BCUT2D eigenvalue weighted by Gasteiger charge is -2.12. The van der Waals surface area contributed by atoms with E-state index in [0.717, 1.165) is 19.1 Å². The van der Waals surface area contributed by atoms with Gasteiger partial charge < -0.3 is 9.53 Å². The summed E-state index contributed by atoms with van der Waals surface area (Å²) < 4.78 is 5.11. The first kappa shape index (κ1) is 10.7. The molecular formula is C8H18O2Si. The normalized spacial score (nSPS) is 12.4. The molecule has 2 nitrogen and oxygen atoms in total. The Morgan fingerprint density at radius 1 is 1.45 bits per heavy atom. The zero-order valence-electron chi connectivity index (χ0n) is 7.63. The third kappa shape index (κ3) is 9.72. The highest BCUT2D eigenvalue weighted by Crippen LogP contribution is 2.07. The van der Waals surface area contributed by atoms with Crippen LogP contribution in [0.1, 0.15) is 13.3 Å². The van der Waals surface area contributed by atoms with Gasteiger partial charge in [0.1, 0.15) is 0 Å². The Balaban J connectivity index is 3.15. The van der Waals surface area contributed by atoms with Crippen molar-refractivity contribution in [3.8, 4) is 0 Å². The molecule has 0 radical (unpaired) electrons. The van der Waals surface area contributed by atoms with Crippen LogP contribution in [0.2, 0.25) is 19.1 Å². The van der Waals surface area contributed by atoms with Gasteiger partial charge in [-0.3, -0.25) is 0 Å². The maximum absolute atomic E-state index is 9.44. The molecule has 3 heteroatoms. The van der Waals surface area contributed by atoms with Crippen LogP contribution in [0.5, 0.6) is 0 Å². The van der Waals surface area contributed by atoms with E-state index in [4.69, 9.17) is 4.74 Å². The average Bonchev–Trinajstić information content (AvgIpc) is 1.85. The molecule has 0 aromatic carbocycles. The summed E-state index contributed by atoms with van der Waals surface area (Å²) in [7, 11) is -1.82. The van der Waals surface area contributed by atoms with E-state index >= 15 is 0 Å². The van der Waals surface area contributed by atoms with Crippen molar-refractivity contribution >= 4 is 8.32 Å². The number of hydrogen-bond acceptors (Lipinski definition) is 2. The van der Waals surface area contributed by atoms with E-state index < -0.39 is 8.32 Å². The molecule has 0 aliphatic carbocycles. The first-order valence-corrected chi connectivity index (χ1v) is 7.17. The Morgan fingerprint density at radius 3 is 2.55 bits per heavy atom. The molecular weight excluding hydrogens is 156 g/mol. The van der Waals surface area contributed by atoms with Crippen molar-refractivity contribution in [1.29, 1.82) is 0 Å². The van der Waals surface area contributed by atoms with Crippen LogP contribution in [-0.2, 0) is 4.74 Å². The molecule has 0 amide bonds. The van der Waals surface area contributed by atoms with Gasteiger partial charge in [-0.2, -0.15) is 0 Å². The van der Waals surface area contributed by atoms with Crippen LogP contribution in [0.15, 0.2) is 12.3 Å². The van der Waals surface area contributed by atoms with Gasteiger partial charge in [0.15, 0.2) is 8.32 Å². The number of ether oxygens (including phenoxy) is 1. The van der Waals surface area contributed by atoms with Gasteiger partial charge in [0.25, 0.3) is 0 Å². The summed E-state index contributed by atoms with van der Waals surface area (Å²) in [5, 5.41) is 0. The maximum atomic E-state index is 9.44. The molecule has 0 aliphatic heterocycles. The number of hydrogen-bond donors (Lipinski definition) is 1. The van der Waals surface area contributed by atoms with Gasteiger partial charge in [-0.15, -0.1) is 0 Å². The molecule has 0 rings (SSSR count). The summed E-state index contributed by atoms with van der Waals surface area (Å²) in [5.41, 5.74) is 0. The minimum atomic E-state index is -1.82. The van der Waals surface area contributed by atoms with Gasteiger partial charge in [-0.25, -0.2) is 0 Å². The van der Waals surface area contributed by atoms with Crippen molar-refractivity contribution < 1.29 is 9.53 Å². The first-order chi connectivity index (χ1) is 5.06. The lowest BCUT2D eigenvalue weighted by molar-refractivity contribution is 0.248. The summed E-state index contributed by atoms with van der Waals surface area (Å²) >= 11 is 0. The Bertz CT molecular complexity index is 116. The van der Waals surface area contributed by atoms with Crippen molar-refractivity contribution in [2.45, 2.75) is 32.5 Å². The van der Waals surface area contributed by atoms with Crippen molar-refractivity contribution in [1.82, 2.24) is 0 Å². The molecule has 0 unspecified atom stereocenters. The lowest BCUT2D eigenvalue weighted by atomic mass is 10.5. The van der Waals surface area contributed by atoms with Crippen LogP contribution in [0.3, 0.4) is 0 Å². The molecule has 0 bridgehead atoms. The van der Waals surface area contributed by atoms with E-state index in [1.807, 2.05) is 26.1 Å². The molecule has 0 spiro atoms. The quantitative estimate of drug-likeness (QED) is 0.393. The van der Waals surface area contributed by atoms with Gasteiger partial charge in [-0.1, -0.05) is 6.08 Å². The van der Waals surface area contributed by atoms with E-state index in [-0.39, 0.29) is 0 Å². The van der Waals surface area contributed by atoms with Crippen molar-refractivity contribution in [2.75, 3.05) is 6.61 Å². The van der Waals surface area contributed by atoms with Crippen molar-refractivity contribution in [3.05, 3.63) is 12.3 Å². The van der Waals surface area contributed by atoms with Crippen LogP contribution < -0.4 is 0 Å². The largest absolute Gasteiger partial charge is 0.502 e. The van der Waals surface area contributed by atoms with Crippen molar-refractivity contribution in [3.63, 3.8) is 0 Å². The summed E-state index contributed by atoms with van der Waals surface area (Å²) in [6.07, 6.45) is 4.51. The molecule has 0 saturated carbocycles. The van der Waals surface area contributed by atoms with Crippen LogP contribution in [-0.4, -0.2) is 19.7 Å². The monoisotopic (exact) mass is 174 g/mol. The van der Waals surface area contributed by atoms with E-state index in [1.54, 1.807) is 6.26 Å². The van der Waals surface area contributed by atoms with Crippen LogP contribution in [0, 0.1) is 0 Å². The first-order valence-electron chi connectivity index (χ1n) is 4.01. The zero-order chi connectivity index (χ0) is 8.74. The SMILES string of the molecule is CC=COCCC[Si](C)(C)O. The summed E-state index contributed by atoms with van der Waals surface area (Å²) in [6, 6.07) is 0.921. The van der Waals surface area contributed by atoms with E-state index in [9.17, 15) is 4.80 Å². The minimum absolute atomic E-state index is 0.724. The van der Waals surface area contributed by atoms with Gasteiger partial charge in [-0.05, 0) is 32.5 Å². The van der Waals surface area contributed by atoms with E-state index in [1.165, 1.54) is 0 Å². The van der Waals surface area contributed by atoms with Gasteiger partial charge in [0, 0.05) is 0 Å². The molecule has 0 aromatic rings. The molecule has 0 atom stereocenters. The summed E-state index contributed by atoms with van der Waals surface area (Å²) in [5.74, 6) is 0. The third-order valence-corrected chi connectivity index (χ3v) is 2.86. The fourth-order valence-electron chi connectivity index (χ4n) is 0.752. The summed E-state index contributed by atoms with van der Waals surface area (Å²) in [6.45, 7) is 6.54. The molecule has 0 saturated heterocycles. The predicted octanol–water partition coefficient (Wildman–Crippen LogP) is 2.12. The van der Waals surface area contributed by atoms with E-state index in [2.05, 4.69) is 0 Å². The zero-order valence-corrected chi connectivity index (χ0v) is 8.63. The maximum Gasteiger partial charge on any atom is 0.182 e. The molecule has 1 N–H and O–H groups in total. The van der Waals surface area contributed by atoms with Gasteiger partial charge >= 0.3 is 0 Å². The molecule has 0 aliphatic rings. The predicted molar refractivity (Wildman–Crippen MR) is 49.9 cm³/mol. The smallest absolute Gasteiger partial charge is 0.182 e. The second kappa shape index (κ2) is 5.38. The Morgan fingerprint density at radius 2 is 2.09 bits per heavy atom. The average molecular weight is 174 g/mol. The van der Waals surface area contributed by atoms with Gasteiger partial charge in [0.2, 0.25) is 0 Å². The number of rotatable bonds is 5. The second-order valence-corrected chi connectivity index (χ2v) is 7.38. The standard InChI is InChI=1S/C8H18O2Si/c1-4-6-10-7-5-8-11(2,3)9/h4,6,9H,5,7-8H2,1-3H3. The Kier molecular flexibility index (Phi) is 5.24. The highest BCUT2D eigenvalue weighted by Gasteiger charge is 2.15. The third-order valence-electron chi connectivity index (χ3n) is 1.28. The lowest BCUT2D eigenvalue weighted by Crippen LogP contribution is -2.24. The number of allylic oxidation sites excluding steroid dienone is 1. The molecule has 0 heterocycles. The van der Waals surface area contributed by atoms with Crippen LogP contribution in [0.25, 0.3) is 0 Å². The minimum Gasteiger partial charge on any atom is -0.502 e. The molecule has 11 heavy (non-hydrogen) atoms. The van der Waals surface area contributed by atoms with Crippen LogP contribution >= 0.6 is 0 Å². The second-order valence-electron chi connectivity index (χ2n) is 3.26. The summed E-state index contributed by atoms with van der Waals surface area (Å²) in [4.78, 5) is 9.44.